The van der Waals surface area contributed by atoms with Gasteiger partial charge in [-0.1, -0.05) is 0 Å². The van der Waals surface area contributed by atoms with Crippen molar-refractivity contribution in [1.82, 2.24) is 0 Å². The molecule has 0 atom stereocenters. The number of ether oxygens (including phenoxy) is 1. The van der Waals surface area contributed by atoms with Crippen LogP contribution in [0, 0.1) is 0 Å². The molecule has 0 heterocycles. The second kappa shape index (κ2) is 6.95. The molecule has 0 aromatic heterocycles. The standard InChI is InChI=1S/C14H12Br2O3Te/c15-20(16,12-4-2-1-3-5-12)13-8-6-11(7-9-13)19-10-14(17)18/h1-9H,10H2,(H,17,18)/p-1. The molecule has 2 aromatic carbocycles. The van der Waals surface area contributed by atoms with Crippen molar-refractivity contribution in [2.24, 2.45) is 0 Å². The number of carbonyl (C=O) groups excluding carboxylic acids is 1. The molecule has 0 aliphatic heterocycles. The number of aliphatic carboxylic acids is 1. The summed E-state index contributed by atoms with van der Waals surface area (Å²) in [5.41, 5.74) is 0. The first-order valence-electron chi connectivity index (χ1n) is 5.70. The van der Waals surface area contributed by atoms with E-state index in [1.165, 1.54) is 7.22 Å². The summed E-state index contributed by atoms with van der Waals surface area (Å²) >= 11 is 5.03. The number of rotatable bonds is 5. The third-order valence-corrected chi connectivity index (χ3v) is 17.5. The molecule has 0 unspecified atom stereocenters. The predicted molar refractivity (Wildman–Crippen MR) is 86.3 cm³/mol. The molecule has 0 aliphatic carbocycles. The Morgan fingerprint density at radius 3 is 2.10 bits per heavy atom. The van der Waals surface area contributed by atoms with E-state index in [1.54, 1.807) is 12.1 Å². The fourth-order valence-corrected chi connectivity index (χ4v) is 10.9. The van der Waals surface area contributed by atoms with Gasteiger partial charge in [0.2, 0.25) is 0 Å². The normalized spacial score (nSPS) is 11.9. The van der Waals surface area contributed by atoms with Gasteiger partial charge in [-0.25, -0.2) is 0 Å². The van der Waals surface area contributed by atoms with Crippen LogP contribution in [0.2, 0.25) is 0 Å². The minimum atomic E-state index is -2.67. The average molecular weight is 515 g/mol. The Morgan fingerprint density at radius 2 is 1.55 bits per heavy atom. The molecule has 0 radical (unpaired) electrons. The van der Waals surface area contributed by atoms with Gasteiger partial charge in [0.25, 0.3) is 0 Å². The van der Waals surface area contributed by atoms with Gasteiger partial charge < -0.3 is 0 Å². The Kier molecular flexibility index (Phi) is 5.50. The van der Waals surface area contributed by atoms with Crippen LogP contribution in [0.4, 0.5) is 0 Å². The third-order valence-electron chi connectivity index (χ3n) is 2.52. The van der Waals surface area contributed by atoms with Crippen LogP contribution in [-0.4, -0.2) is 26.3 Å². The molecule has 0 saturated heterocycles. The van der Waals surface area contributed by atoms with Gasteiger partial charge in [-0.3, -0.25) is 0 Å². The summed E-state index contributed by atoms with van der Waals surface area (Å²) in [6, 6.07) is 17.6. The molecule has 0 fully saturated rings. The van der Waals surface area contributed by atoms with Crippen LogP contribution in [0.25, 0.3) is 0 Å². The van der Waals surface area contributed by atoms with Crippen LogP contribution in [0.5, 0.6) is 5.75 Å². The quantitative estimate of drug-likeness (QED) is 0.563. The topological polar surface area (TPSA) is 49.4 Å². The number of carbonyl (C=O) groups is 1. The number of carboxylic acid groups (broad SMARTS) is 1. The van der Waals surface area contributed by atoms with Gasteiger partial charge in [-0.2, -0.15) is 0 Å². The van der Waals surface area contributed by atoms with E-state index in [4.69, 9.17) is 4.74 Å². The molecule has 2 rings (SSSR count). The van der Waals surface area contributed by atoms with E-state index in [0.717, 1.165) is 0 Å². The summed E-state index contributed by atoms with van der Waals surface area (Å²) in [4.78, 5) is 10.3. The molecule has 0 amide bonds. The van der Waals surface area contributed by atoms with E-state index in [1.807, 2.05) is 30.3 Å². The van der Waals surface area contributed by atoms with Crippen LogP contribution >= 0.6 is 25.5 Å². The molecule has 0 aliphatic rings. The monoisotopic (exact) mass is 515 g/mol. The zero-order chi connectivity index (χ0) is 14.6. The first-order valence-corrected chi connectivity index (χ1v) is 18.5. The molecule has 0 saturated carbocycles. The molecule has 6 heteroatoms. The summed E-state index contributed by atoms with van der Waals surface area (Å²) in [5, 5.41) is 10.3. The van der Waals surface area contributed by atoms with Gasteiger partial charge in [-0.05, 0) is 0 Å². The maximum atomic E-state index is 10.3. The Balaban J connectivity index is 2.19. The molecule has 2 aromatic rings. The van der Waals surface area contributed by atoms with Crippen molar-refractivity contribution < 1.29 is 14.6 Å². The Bertz CT molecular complexity index is 585. The predicted octanol–water partition coefficient (Wildman–Crippen LogP) is 1.16. The number of carboxylic acids is 1. The van der Waals surface area contributed by atoms with Crippen LogP contribution in [0.15, 0.2) is 54.6 Å². The van der Waals surface area contributed by atoms with Crippen molar-refractivity contribution in [3.8, 4) is 5.75 Å². The fourth-order valence-electron chi connectivity index (χ4n) is 1.58. The van der Waals surface area contributed by atoms with Gasteiger partial charge in [0.15, 0.2) is 0 Å². The second-order valence-corrected chi connectivity index (χ2v) is 28.1. The van der Waals surface area contributed by atoms with Gasteiger partial charge in [0, 0.05) is 0 Å². The number of hydrogen-bond donors (Lipinski definition) is 0. The molecule has 0 spiro atoms. The summed E-state index contributed by atoms with van der Waals surface area (Å²) in [6.45, 7) is -0.437. The van der Waals surface area contributed by atoms with Gasteiger partial charge in [0.1, 0.15) is 0 Å². The molecular formula is C14H11Br2O3Te-. The minimum absolute atomic E-state index is 0.437. The van der Waals surface area contributed by atoms with E-state index >= 15 is 0 Å². The molecule has 0 bridgehead atoms. The fraction of sp³-hybridized carbons (Fsp3) is 0.0714. The van der Waals surface area contributed by atoms with Crippen molar-refractivity contribution >= 4 is 52.5 Å². The van der Waals surface area contributed by atoms with Crippen molar-refractivity contribution in [2.45, 2.75) is 0 Å². The van der Waals surface area contributed by atoms with Crippen LogP contribution < -0.4 is 17.1 Å². The van der Waals surface area contributed by atoms with Crippen LogP contribution in [-0.2, 0) is 4.79 Å². The van der Waals surface area contributed by atoms with E-state index in [0.29, 0.717) is 5.75 Å². The van der Waals surface area contributed by atoms with Gasteiger partial charge in [-0.15, -0.1) is 0 Å². The Hall–Kier alpha value is -0.540. The second-order valence-electron chi connectivity index (χ2n) is 3.91. The Morgan fingerprint density at radius 1 is 1.00 bits per heavy atom. The summed E-state index contributed by atoms with van der Waals surface area (Å²) < 4.78 is 7.48. The number of benzene rings is 2. The van der Waals surface area contributed by atoms with E-state index in [-0.39, 0.29) is 0 Å². The van der Waals surface area contributed by atoms with Crippen LogP contribution in [0.3, 0.4) is 0 Å². The van der Waals surface area contributed by atoms with Crippen molar-refractivity contribution in [3.05, 3.63) is 54.6 Å². The van der Waals surface area contributed by atoms with E-state index in [2.05, 4.69) is 37.6 Å². The number of halogens is 2. The first-order chi connectivity index (χ1) is 9.50. The maximum absolute atomic E-state index is 10.3. The van der Waals surface area contributed by atoms with Crippen LogP contribution in [0.1, 0.15) is 0 Å². The molecule has 20 heavy (non-hydrogen) atoms. The molecular weight excluding hydrogens is 504 g/mol. The van der Waals surface area contributed by atoms with Gasteiger partial charge >= 0.3 is 134 Å². The third kappa shape index (κ3) is 3.98. The first kappa shape index (κ1) is 15.8. The van der Waals surface area contributed by atoms with Crippen molar-refractivity contribution in [3.63, 3.8) is 0 Å². The molecule has 3 nitrogen and oxygen atoms in total. The van der Waals surface area contributed by atoms with E-state index in [9.17, 15) is 9.90 Å². The van der Waals surface area contributed by atoms with E-state index < -0.39 is 26.3 Å². The van der Waals surface area contributed by atoms with Crippen molar-refractivity contribution in [2.75, 3.05) is 6.61 Å². The number of hydrogen-bond acceptors (Lipinski definition) is 3. The average Bonchev–Trinajstić information content (AvgIpc) is 2.46. The SMILES string of the molecule is O=C([O-])COc1ccc([Te](Br)(Br)c2ccccc2)cc1. The summed E-state index contributed by atoms with van der Waals surface area (Å²) in [6.07, 6.45) is 0. The Labute approximate surface area is 133 Å². The summed E-state index contributed by atoms with van der Waals surface area (Å²) in [7, 11) is 0. The molecule has 0 N–H and O–H groups in total. The van der Waals surface area contributed by atoms with Gasteiger partial charge in [0.05, 0.1) is 0 Å². The van der Waals surface area contributed by atoms with Crippen molar-refractivity contribution in [1.29, 1.82) is 0 Å². The molecule has 106 valence electrons. The zero-order valence-electron chi connectivity index (χ0n) is 10.3. The summed E-state index contributed by atoms with van der Waals surface area (Å²) in [5.74, 6) is -0.712. The zero-order valence-corrected chi connectivity index (χ0v) is 15.8.